The van der Waals surface area contributed by atoms with E-state index < -0.39 is 0 Å². The van der Waals surface area contributed by atoms with Crippen LogP contribution in [0, 0.1) is 5.41 Å². The second-order valence-electron chi connectivity index (χ2n) is 4.90. The van der Waals surface area contributed by atoms with Gasteiger partial charge in [-0.25, -0.2) is 0 Å². The van der Waals surface area contributed by atoms with Gasteiger partial charge in [0, 0.05) is 18.5 Å². The number of rotatable bonds is 5. The van der Waals surface area contributed by atoms with Crippen molar-refractivity contribution in [2.75, 3.05) is 13.1 Å². The van der Waals surface area contributed by atoms with Gasteiger partial charge in [0.25, 0.3) is 0 Å². The molecule has 0 spiro atoms. The maximum absolute atomic E-state index is 12.0. The number of amides is 1. The molecule has 84 valence electrons. The van der Waals surface area contributed by atoms with Crippen LogP contribution in [0.15, 0.2) is 0 Å². The summed E-state index contributed by atoms with van der Waals surface area (Å²) in [7, 11) is 0. The van der Waals surface area contributed by atoms with Crippen molar-refractivity contribution in [3.8, 4) is 0 Å². The van der Waals surface area contributed by atoms with Gasteiger partial charge in [0.2, 0.25) is 5.91 Å². The van der Waals surface area contributed by atoms with E-state index in [0.29, 0.717) is 0 Å². The minimum Gasteiger partial charge on any atom is -0.342 e. The van der Waals surface area contributed by atoms with Crippen LogP contribution in [0.5, 0.6) is 0 Å². The third-order valence-corrected chi connectivity index (χ3v) is 2.20. The molecule has 0 aromatic rings. The second-order valence-corrected chi connectivity index (χ2v) is 4.90. The van der Waals surface area contributed by atoms with E-state index in [4.69, 9.17) is 0 Å². The van der Waals surface area contributed by atoms with Crippen molar-refractivity contribution in [3.05, 3.63) is 0 Å². The summed E-state index contributed by atoms with van der Waals surface area (Å²) in [5, 5.41) is 0. The molecule has 0 radical (unpaired) electrons. The third kappa shape index (κ3) is 4.64. The van der Waals surface area contributed by atoms with E-state index in [2.05, 4.69) is 13.8 Å². The maximum atomic E-state index is 12.0. The maximum Gasteiger partial charge on any atom is 0.227 e. The van der Waals surface area contributed by atoms with Gasteiger partial charge in [-0.05, 0) is 12.8 Å². The Bertz CT molecular complexity index is 170. The lowest BCUT2D eigenvalue weighted by Crippen LogP contribution is -2.40. The van der Waals surface area contributed by atoms with Crippen LogP contribution < -0.4 is 0 Å². The largest absolute Gasteiger partial charge is 0.342 e. The minimum atomic E-state index is -0.233. The predicted octanol–water partition coefficient (Wildman–Crippen LogP) is 3.07. The van der Waals surface area contributed by atoms with E-state index in [9.17, 15) is 4.79 Å². The van der Waals surface area contributed by atoms with Crippen LogP contribution in [0.2, 0.25) is 0 Å². The molecule has 0 atom stereocenters. The average molecular weight is 199 g/mol. The summed E-state index contributed by atoms with van der Waals surface area (Å²) in [6, 6.07) is 0. The first-order valence-corrected chi connectivity index (χ1v) is 5.72. The summed E-state index contributed by atoms with van der Waals surface area (Å²) in [6.07, 6.45) is 3.31. The SMILES string of the molecule is CCCCN(CCC)C(=O)C(C)(C)C. The van der Waals surface area contributed by atoms with E-state index in [0.717, 1.165) is 32.4 Å². The summed E-state index contributed by atoms with van der Waals surface area (Å²) in [5.74, 6) is 0.285. The van der Waals surface area contributed by atoms with Crippen LogP contribution in [0.1, 0.15) is 53.9 Å². The van der Waals surface area contributed by atoms with Gasteiger partial charge in [0.05, 0.1) is 0 Å². The Hall–Kier alpha value is -0.530. The highest BCUT2D eigenvalue weighted by molar-refractivity contribution is 5.81. The fourth-order valence-corrected chi connectivity index (χ4v) is 1.41. The first kappa shape index (κ1) is 13.5. The first-order valence-electron chi connectivity index (χ1n) is 5.72. The van der Waals surface area contributed by atoms with Crippen molar-refractivity contribution < 1.29 is 4.79 Å². The normalized spacial score (nSPS) is 11.5. The molecule has 0 N–H and O–H groups in total. The first-order chi connectivity index (χ1) is 6.43. The predicted molar refractivity (Wildman–Crippen MR) is 61.2 cm³/mol. The van der Waals surface area contributed by atoms with E-state index in [1.54, 1.807) is 0 Å². The molecule has 0 aromatic heterocycles. The summed E-state index contributed by atoms with van der Waals surface area (Å²) >= 11 is 0. The van der Waals surface area contributed by atoms with Crippen molar-refractivity contribution in [3.63, 3.8) is 0 Å². The monoisotopic (exact) mass is 199 g/mol. The van der Waals surface area contributed by atoms with Gasteiger partial charge < -0.3 is 4.90 Å². The fraction of sp³-hybridized carbons (Fsp3) is 0.917. The van der Waals surface area contributed by atoms with Gasteiger partial charge in [-0.3, -0.25) is 4.79 Å². The number of nitrogens with zero attached hydrogens (tertiary/aromatic N) is 1. The van der Waals surface area contributed by atoms with Crippen molar-refractivity contribution in [1.29, 1.82) is 0 Å². The van der Waals surface area contributed by atoms with Gasteiger partial charge >= 0.3 is 0 Å². The van der Waals surface area contributed by atoms with Crippen molar-refractivity contribution >= 4 is 5.91 Å². The Balaban J connectivity index is 4.25. The second kappa shape index (κ2) is 6.05. The van der Waals surface area contributed by atoms with Crippen molar-refractivity contribution in [2.45, 2.75) is 53.9 Å². The summed E-state index contributed by atoms with van der Waals surface area (Å²) in [4.78, 5) is 14.0. The zero-order valence-corrected chi connectivity index (χ0v) is 10.4. The van der Waals surface area contributed by atoms with E-state index in [1.165, 1.54) is 0 Å². The van der Waals surface area contributed by atoms with Gasteiger partial charge in [0.1, 0.15) is 0 Å². The Morgan fingerprint density at radius 1 is 1.07 bits per heavy atom. The summed E-state index contributed by atoms with van der Waals surface area (Å²) in [6.45, 7) is 12.1. The summed E-state index contributed by atoms with van der Waals surface area (Å²) < 4.78 is 0. The average Bonchev–Trinajstić information content (AvgIpc) is 2.09. The number of carbonyl (C=O) groups is 1. The molecule has 14 heavy (non-hydrogen) atoms. The molecule has 1 amide bonds. The molecule has 0 aliphatic rings. The topological polar surface area (TPSA) is 20.3 Å². The molecular weight excluding hydrogens is 174 g/mol. The molecule has 0 saturated heterocycles. The molecule has 0 aliphatic heterocycles. The Morgan fingerprint density at radius 3 is 2.00 bits per heavy atom. The van der Waals surface area contributed by atoms with Crippen LogP contribution in [0.3, 0.4) is 0 Å². The molecule has 0 saturated carbocycles. The molecule has 2 nitrogen and oxygen atoms in total. The molecule has 0 aromatic carbocycles. The Labute approximate surface area is 88.7 Å². The number of hydrogen-bond acceptors (Lipinski definition) is 1. The van der Waals surface area contributed by atoms with Gasteiger partial charge in [-0.2, -0.15) is 0 Å². The van der Waals surface area contributed by atoms with Crippen molar-refractivity contribution in [2.24, 2.45) is 5.41 Å². The fourth-order valence-electron chi connectivity index (χ4n) is 1.41. The van der Waals surface area contributed by atoms with E-state index in [-0.39, 0.29) is 11.3 Å². The highest BCUT2D eigenvalue weighted by atomic mass is 16.2. The van der Waals surface area contributed by atoms with Crippen LogP contribution in [0.4, 0.5) is 0 Å². The van der Waals surface area contributed by atoms with Crippen LogP contribution >= 0.6 is 0 Å². The molecule has 0 unspecified atom stereocenters. The highest BCUT2D eigenvalue weighted by Crippen LogP contribution is 2.17. The van der Waals surface area contributed by atoms with Gasteiger partial charge in [0.15, 0.2) is 0 Å². The third-order valence-electron chi connectivity index (χ3n) is 2.20. The standard InChI is InChI=1S/C12H25NO/c1-6-8-10-13(9-7-2)11(14)12(3,4)5/h6-10H2,1-5H3. The molecule has 2 heteroatoms. The van der Waals surface area contributed by atoms with Crippen molar-refractivity contribution in [1.82, 2.24) is 4.90 Å². The summed E-state index contributed by atoms with van der Waals surface area (Å²) in [5.41, 5.74) is -0.233. The lowest BCUT2D eigenvalue weighted by atomic mass is 9.94. The van der Waals surface area contributed by atoms with E-state index in [1.807, 2.05) is 25.7 Å². The van der Waals surface area contributed by atoms with Crippen LogP contribution in [-0.4, -0.2) is 23.9 Å². The molecule has 0 bridgehead atoms. The lowest BCUT2D eigenvalue weighted by Gasteiger charge is -2.29. The smallest absolute Gasteiger partial charge is 0.227 e. The van der Waals surface area contributed by atoms with Crippen LogP contribution in [-0.2, 0) is 4.79 Å². The highest BCUT2D eigenvalue weighted by Gasteiger charge is 2.26. The number of unbranched alkanes of at least 4 members (excludes halogenated alkanes) is 1. The minimum absolute atomic E-state index is 0.233. The van der Waals surface area contributed by atoms with Gasteiger partial charge in [-0.15, -0.1) is 0 Å². The lowest BCUT2D eigenvalue weighted by molar-refractivity contribution is -0.139. The number of hydrogen-bond donors (Lipinski definition) is 0. The Kier molecular flexibility index (Phi) is 5.82. The quantitative estimate of drug-likeness (QED) is 0.666. The zero-order chi connectivity index (χ0) is 11.2. The molecule has 0 fully saturated rings. The zero-order valence-electron chi connectivity index (χ0n) is 10.4. The molecular formula is C12H25NO. The van der Waals surface area contributed by atoms with Gasteiger partial charge in [-0.1, -0.05) is 41.0 Å². The number of carbonyl (C=O) groups excluding carboxylic acids is 1. The Morgan fingerprint density at radius 2 is 1.64 bits per heavy atom. The molecule has 0 aliphatic carbocycles. The van der Waals surface area contributed by atoms with E-state index >= 15 is 0 Å². The molecule has 0 heterocycles. The molecule has 0 rings (SSSR count). The van der Waals surface area contributed by atoms with Crippen LogP contribution in [0.25, 0.3) is 0 Å².